The summed E-state index contributed by atoms with van der Waals surface area (Å²) < 4.78 is 5.89. The average molecular weight is 468 g/mol. The summed E-state index contributed by atoms with van der Waals surface area (Å²) >= 11 is 0. The fourth-order valence-electron chi connectivity index (χ4n) is 3.42. The van der Waals surface area contributed by atoms with E-state index in [9.17, 15) is 9.59 Å². The number of hydrogen-bond donors (Lipinski definition) is 2. The first kappa shape index (κ1) is 27.2. The van der Waals surface area contributed by atoms with Crippen LogP contribution in [0.15, 0.2) is 48.8 Å². The summed E-state index contributed by atoms with van der Waals surface area (Å²) in [5, 5.41) is 3.07. The second kappa shape index (κ2) is 13.0. The number of carbonyl (C=O) groups excluding carboxylic acids is 2. The third-order valence-electron chi connectivity index (χ3n) is 5.50. The van der Waals surface area contributed by atoms with Crippen molar-refractivity contribution in [2.75, 3.05) is 18.0 Å². The van der Waals surface area contributed by atoms with Crippen molar-refractivity contribution in [3.8, 4) is 5.75 Å². The van der Waals surface area contributed by atoms with Gasteiger partial charge >= 0.3 is 0 Å². The normalized spacial score (nSPS) is 12.3. The quantitative estimate of drug-likeness (QED) is 0.435. The van der Waals surface area contributed by atoms with Gasteiger partial charge in [0.2, 0.25) is 11.8 Å². The molecule has 0 aliphatic heterocycles. The molecule has 0 aliphatic carbocycles. The van der Waals surface area contributed by atoms with E-state index < -0.39 is 11.4 Å². The summed E-state index contributed by atoms with van der Waals surface area (Å²) in [4.78, 5) is 30.1. The van der Waals surface area contributed by atoms with E-state index >= 15 is 0 Å². The van der Waals surface area contributed by atoms with Gasteiger partial charge in [0, 0.05) is 42.7 Å². The predicted octanol–water partition coefficient (Wildman–Crippen LogP) is 4.12. The Hall–Kier alpha value is -3.09. The number of hydrogen-bond acceptors (Lipinski definition) is 5. The molecule has 0 fully saturated rings. The Morgan fingerprint density at radius 2 is 1.88 bits per heavy atom. The summed E-state index contributed by atoms with van der Waals surface area (Å²) in [6.07, 6.45) is 6.41. The maximum absolute atomic E-state index is 12.4. The van der Waals surface area contributed by atoms with Crippen molar-refractivity contribution in [2.45, 2.75) is 59.6 Å². The number of benzene rings is 1. The van der Waals surface area contributed by atoms with Gasteiger partial charge in [-0.25, -0.2) is 0 Å². The van der Waals surface area contributed by atoms with E-state index in [0.717, 1.165) is 30.0 Å². The lowest BCUT2D eigenvalue weighted by atomic mass is 10.0. The van der Waals surface area contributed by atoms with Crippen molar-refractivity contribution < 1.29 is 14.3 Å². The van der Waals surface area contributed by atoms with E-state index in [4.69, 9.17) is 10.5 Å². The van der Waals surface area contributed by atoms with Crippen LogP contribution in [0.4, 0.5) is 5.69 Å². The third kappa shape index (κ3) is 9.81. The zero-order valence-electron chi connectivity index (χ0n) is 21.1. The van der Waals surface area contributed by atoms with Gasteiger partial charge in [0.15, 0.2) is 0 Å². The second-order valence-electron chi connectivity index (χ2n) is 9.86. The summed E-state index contributed by atoms with van der Waals surface area (Å²) in [6, 6.07) is 11.9. The van der Waals surface area contributed by atoms with Crippen LogP contribution >= 0.6 is 0 Å². The lowest BCUT2D eigenvalue weighted by Gasteiger charge is -2.35. The molecular weight excluding hydrogens is 428 g/mol. The molecule has 1 heterocycles. The monoisotopic (exact) mass is 467 g/mol. The molecule has 0 bridgehead atoms. The van der Waals surface area contributed by atoms with Crippen molar-refractivity contribution in [1.29, 1.82) is 0 Å². The van der Waals surface area contributed by atoms with Gasteiger partial charge in [-0.3, -0.25) is 14.6 Å². The highest BCUT2D eigenvalue weighted by molar-refractivity contribution is 5.86. The molecule has 3 N–H and O–H groups in total. The molecule has 0 aliphatic rings. The second-order valence-corrected chi connectivity index (χ2v) is 9.86. The maximum atomic E-state index is 12.4. The molecule has 1 radical (unpaired) electrons. The number of ether oxygens (including phenoxy) is 1. The lowest BCUT2D eigenvalue weighted by molar-refractivity contribution is -0.121. The molecule has 1 unspecified atom stereocenters. The van der Waals surface area contributed by atoms with Crippen LogP contribution in [0.5, 0.6) is 5.75 Å². The van der Waals surface area contributed by atoms with Crippen LogP contribution in [0.1, 0.15) is 53.0 Å². The Kier molecular flexibility index (Phi) is 10.4. The van der Waals surface area contributed by atoms with Gasteiger partial charge in [-0.1, -0.05) is 26.8 Å². The van der Waals surface area contributed by atoms with E-state index in [0.29, 0.717) is 25.5 Å². The van der Waals surface area contributed by atoms with Crippen LogP contribution < -0.4 is 20.7 Å². The minimum Gasteiger partial charge on any atom is -0.489 e. The number of aromatic nitrogens is 1. The molecule has 2 rings (SSSR count). The minimum absolute atomic E-state index is 0.193. The number of anilines is 1. The summed E-state index contributed by atoms with van der Waals surface area (Å²) in [5.74, 6) is 0.389. The van der Waals surface area contributed by atoms with E-state index in [1.807, 2.05) is 38.1 Å². The van der Waals surface area contributed by atoms with E-state index in [1.54, 1.807) is 19.3 Å². The Labute approximate surface area is 204 Å². The Morgan fingerprint density at radius 1 is 1.18 bits per heavy atom. The van der Waals surface area contributed by atoms with Crippen LogP contribution in [-0.2, 0) is 16.2 Å². The van der Waals surface area contributed by atoms with E-state index in [1.165, 1.54) is 6.42 Å². The number of rotatable bonds is 14. The molecular formula is C27H39N4O3. The van der Waals surface area contributed by atoms with Gasteiger partial charge < -0.3 is 20.7 Å². The van der Waals surface area contributed by atoms with Gasteiger partial charge in [0.05, 0.1) is 12.0 Å². The van der Waals surface area contributed by atoms with Crippen LogP contribution in [0, 0.1) is 18.3 Å². The number of carbonyl (C=O) groups is 2. The molecule has 34 heavy (non-hydrogen) atoms. The number of nitrogens with two attached hydrogens (primary N) is 1. The molecule has 2 aromatic rings. The number of primary amides is 1. The van der Waals surface area contributed by atoms with Crippen molar-refractivity contribution in [3.05, 3.63) is 60.8 Å². The van der Waals surface area contributed by atoms with Crippen LogP contribution in [0.25, 0.3) is 0 Å². The van der Waals surface area contributed by atoms with Gasteiger partial charge in [0.1, 0.15) is 12.4 Å². The number of pyridine rings is 1. The van der Waals surface area contributed by atoms with Gasteiger partial charge in [-0.2, -0.15) is 0 Å². The molecule has 0 saturated carbocycles. The number of amides is 2. The molecule has 185 valence electrons. The SMILES string of the molecule is CC(C)CCN(CC(C)(C)NC(=O)[CH]CC(C)C(N)=O)c1ccc(OCc2cccnc2)cc1. The molecule has 0 spiro atoms. The zero-order valence-corrected chi connectivity index (χ0v) is 21.1. The fourth-order valence-corrected chi connectivity index (χ4v) is 3.42. The topological polar surface area (TPSA) is 97.6 Å². The molecule has 0 saturated heterocycles. The highest BCUT2D eigenvalue weighted by Gasteiger charge is 2.25. The molecule has 7 heteroatoms. The van der Waals surface area contributed by atoms with Crippen molar-refractivity contribution in [1.82, 2.24) is 10.3 Å². The smallest absolute Gasteiger partial charge is 0.224 e. The standard InChI is InChI=1S/C27H39N4O3/c1-20(2)14-16-31(19-27(4,5)30-25(32)13-8-21(3)26(28)33)23-9-11-24(12-10-23)34-18-22-7-6-15-29-17-22/h6-7,9-13,15,17,20-21H,8,14,16,18-19H2,1-5H3,(H2,28,33)(H,30,32). The Bertz CT molecular complexity index is 898. The molecule has 2 amide bonds. The van der Waals surface area contributed by atoms with Gasteiger partial charge in [-0.15, -0.1) is 0 Å². The van der Waals surface area contributed by atoms with E-state index in [-0.39, 0.29) is 11.8 Å². The number of nitrogens with one attached hydrogen (secondary N) is 1. The van der Waals surface area contributed by atoms with Gasteiger partial charge in [0.25, 0.3) is 0 Å². The average Bonchev–Trinajstić information content (AvgIpc) is 2.79. The molecule has 1 atom stereocenters. The highest BCUT2D eigenvalue weighted by atomic mass is 16.5. The Morgan fingerprint density at radius 3 is 2.47 bits per heavy atom. The lowest BCUT2D eigenvalue weighted by Crippen LogP contribution is -2.52. The van der Waals surface area contributed by atoms with Crippen LogP contribution in [0.3, 0.4) is 0 Å². The van der Waals surface area contributed by atoms with E-state index in [2.05, 4.69) is 41.2 Å². The largest absolute Gasteiger partial charge is 0.489 e. The molecule has 1 aromatic carbocycles. The van der Waals surface area contributed by atoms with Crippen LogP contribution in [-0.4, -0.2) is 35.4 Å². The first-order chi connectivity index (χ1) is 16.1. The first-order valence-electron chi connectivity index (χ1n) is 11.9. The summed E-state index contributed by atoms with van der Waals surface area (Å²) in [7, 11) is 0. The van der Waals surface area contributed by atoms with Crippen molar-refractivity contribution >= 4 is 17.5 Å². The minimum atomic E-state index is -0.476. The van der Waals surface area contributed by atoms with Crippen LogP contribution in [0.2, 0.25) is 0 Å². The summed E-state index contributed by atoms with van der Waals surface area (Å²) in [5.41, 5.74) is 6.90. The predicted molar refractivity (Wildman–Crippen MR) is 136 cm³/mol. The van der Waals surface area contributed by atoms with Crippen molar-refractivity contribution in [3.63, 3.8) is 0 Å². The molecule has 1 aromatic heterocycles. The zero-order chi connectivity index (χ0) is 25.1. The highest BCUT2D eigenvalue weighted by Crippen LogP contribution is 2.23. The third-order valence-corrected chi connectivity index (χ3v) is 5.50. The Balaban J connectivity index is 2.01. The first-order valence-corrected chi connectivity index (χ1v) is 11.9. The van der Waals surface area contributed by atoms with Crippen molar-refractivity contribution in [2.24, 2.45) is 17.6 Å². The number of nitrogens with zero attached hydrogens (tertiary/aromatic N) is 2. The fraction of sp³-hybridized carbons (Fsp3) is 0.481. The summed E-state index contributed by atoms with van der Waals surface area (Å²) in [6.45, 7) is 12.1. The maximum Gasteiger partial charge on any atom is 0.224 e. The van der Waals surface area contributed by atoms with Gasteiger partial charge in [-0.05, 0) is 62.9 Å². The molecule has 7 nitrogen and oxygen atoms in total.